The summed E-state index contributed by atoms with van der Waals surface area (Å²) in [7, 11) is 0. The molecule has 0 aliphatic heterocycles. The van der Waals surface area contributed by atoms with E-state index in [9.17, 15) is 9.59 Å². The van der Waals surface area contributed by atoms with E-state index in [1.165, 1.54) is 12.1 Å². The first-order valence-corrected chi connectivity index (χ1v) is 9.10. The highest BCUT2D eigenvalue weighted by atomic mass is 16.5. The van der Waals surface area contributed by atoms with Crippen molar-refractivity contribution in [3.8, 4) is 17.2 Å². The summed E-state index contributed by atoms with van der Waals surface area (Å²) in [6.45, 7) is 6.23. The van der Waals surface area contributed by atoms with E-state index in [4.69, 9.17) is 19.3 Å². The second-order valence-electron chi connectivity index (χ2n) is 6.06. The summed E-state index contributed by atoms with van der Waals surface area (Å²) >= 11 is 0. The van der Waals surface area contributed by atoms with Crippen LogP contribution in [0.3, 0.4) is 0 Å². The molecule has 2 aromatic rings. The van der Waals surface area contributed by atoms with Crippen molar-refractivity contribution in [3.05, 3.63) is 47.5 Å². The van der Waals surface area contributed by atoms with Crippen LogP contribution in [0.5, 0.6) is 17.2 Å². The molecule has 0 saturated heterocycles. The molecule has 1 amide bonds. The van der Waals surface area contributed by atoms with Crippen molar-refractivity contribution >= 4 is 17.6 Å². The molecule has 7 heteroatoms. The topological polar surface area (TPSA) is 94.1 Å². The first kappa shape index (κ1) is 21.1. The molecule has 2 aromatic carbocycles. The third-order valence-corrected chi connectivity index (χ3v) is 3.78. The zero-order chi connectivity index (χ0) is 20.5. The van der Waals surface area contributed by atoms with Crippen LogP contribution in [0, 0.1) is 6.92 Å². The summed E-state index contributed by atoms with van der Waals surface area (Å²) in [6, 6.07) is 10.1. The van der Waals surface area contributed by atoms with Gasteiger partial charge in [-0.2, -0.15) is 0 Å². The van der Waals surface area contributed by atoms with Gasteiger partial charge in [-0.15, -0.1) is 0 Å². The molecule has 0 fully saturated rings. The molecule has 150 valence electrons. The molecule has 0 aromatic heterocycles. The largest absolute Gasteiger partial charge is 0.494 e. The minimum absolute atomic E-state index is 0.273. The third-order valence-electron chi connectivity index (χ3n) is 3.78. The lowest BCUT2D eigenvalue weighted by molar-refractivity contribution is -0.139. The van der Waals surface area contributed by atoms with Gasteiger partial charge < -0.3 is 24.6 Å². The first-order valence-electron chi connectivity index (χ1n) is 9.10. The molecular weight excluding hydrogens is 362 g/mol. The number of anilines is 1. The third kappa shape index (κ3) is 5.90. The standard InChI is InChI=1S/C21H25NO6/c1-4-10-27-16-7-8-17(14(3)11-16)22-21(25)15-6-9-18(28-13-20(23)24)19(12-15)26-5-2/h6-9,11-12H,4-5,10,13H2,1-3H3,(H,22,25)(H,23,24). The van der Waals surface area contributed by atoms with Gasteiger partial charge in [0.25, 0.3) is 5.91 Å². The van der Waals surface area contributed by atoms with Crippen molar-refractivity contribution < 1.29 is 28.9 Å². The van der Waals surface area contributed by atoms with Crippen LogP contribution in [0.2, 0.25) is 0 Å². The van der Waals surface area contributed by atoms with Crippen LogP contribution < -0.4 is 19.5 Å². The van der Waals surface area contributed by atoms with Crippen molar-refractivity contribution in [2.45, 2.75) is 27.2 Å². The predicted molar refractivity (Wildman–Crippen MR) is 106 cm³/mol. The van der Waals surface area contributed by atoms with Gasteiger partial charge in [-0.1, -0.05) is 6.92 Å². The van der Waals surface area contributed by atoms with Gasteiger partial charge in [-0.05, 0) is 62.2 Å². The normalized spacial score (nSPS) is 10.2. The summed E-state index contributed by atoms with van der Waals surface area (Å²) in [6.07, 6.45) is 0.922. The molecule has 0 unspecified atom stereocenters. The van der Waals surface area contributed by atoms with Crippen LogP contribution in [0.1, 0.15) is 36.2 Å². The molecule has 0 radical (unpaired) electrons. The van der Waals surface area contributed by atoms with E-state index >= 15 is 0 Å². The molecule has 2 rings (SSSR count). The number of aliphatic carboxylic acids is 1. The van der Waals surface area contributed by atoms with Crippen molar-refractivity contribution in [3.63, 3.8) is 0 Å². The lowest BCUT2D eigenvalue weighted by atomic mass is 10.1. The Labute approximate surface area is 164 Å². The maximum atomic E-state index is 12.6. The van der Waals surface area contributed by atoms with Gasteiger partial charge in [0.2, 0.25) is 0 Å². The summed E-state index contributed by atoms with van der Waals surface area (Å²) in [4.78, 5) is 23.3. The molecule has 2 N–H and O–H groups in total. The fraction of sp³-hybridized carbons (Fsp3) is 0.333. The Morgan fingerprint density at radius 1 is 1.00 bits per heavy atom. The molecule has 0 bridgehead atoms. The number of carbonyl (C=O) groups is 2. The molecule has 28 heavy (non-hydrogen) atoms. The second-order valence-corrected chi connectivity index (χ2v) is 6.06. The van der Waals surface area contributed by atoms with E-state index < -0.39 is 12.6 Å². The van der Waals surface area contributed by atoms with Gasteiger partial charge in [0.15, 0.2) is 18.1 Å². The maximum Gasteiger partial charge on any atom is 0.341 e. The number of carbonyl (C=O) groups excluding carboxylic acids is 1. The van der Waals surface area contributed by atoms with Crippen molar-refractivity contribution in [2.24, 2.45) is 0 Å². The Kier molecular flexibility index (Phi) is 7.68. The summed E-state index contributed by atoms with van der Waals surface area (Å²) in [5.41, 5.74) is 1.93. The van der Waals surface area contributed by atoms with Gasteiger partial charge in [-0.3, -0.25) is 4.79 Å². The van der Waals surface area contributed by atoms with Gasteiger partial charge in [0.05, 0.1) is 13.2 Å². The molecule has 0 heterocycles. The lowest BCUT2D eigenvalue weighted by Crippen LogP contribution is -2.14. The Balaban J connectivity index is 2.15. The van der Waals surface area contributed by atoms with Crippen LogP contribution in [0.25, 0.3) is 0 Å². The highest BCUT2D eigenvalue weighted by molar-refractivity contribution is 6.05. The number of hydrogen-bond donors (Lipinski definition) is 2. The number of benzene rings is 2. The van der Waals surface area contributed by atoms with Gasteiger partial charge in [0.1, 0.15) is 5.75 Å². The van der Waals surface area contributed by atoms with E-state index in [0.717, 1.165) is 17.7 Å². The summed E-state index contributed by atoms with van der Waals surface area (Å²) in [5.74, 6) is -0.0519. The fourth-order valence-electron chi connectivity index (χ4n) is 2.46. The first-order chi connectivity index (χ1) is 13.4. The Morgan fingerprint density at radius 2 is 1.79 bits per heavy atom. The smallest absolute Gasteiger partial charge is 0.341 e. The van der Waals surface area contributed by atoms with Gasteiger partial charge in [0, 0.05) is 11.3 Å². The van der Waals surface area contributed by atoms with E-state index in [2.05, 4.69) is 5.32 Å². The summed E-state index contributed by atoms with van der Waals surface area (Å²) in [5, 5.41) is 11.6. The number of amides is 1. The highest BCUT2D eigenvalue weighted by Gasteiger charge is 2.14. The quantitative estimate of drug-likeness (QED) is 0.642. The molecule has 0 spiro atoms. The number of ether oxygens (including phenoxy) is 3. The number of carboxylic acid groups (broad SMARTS) is 1. The molecule has 7 nitrogen and oxygen atoms in total. The van der Waals surface area contributed by atoms with Crippen molar-refractivity contribution in [1.82, 2.24) is 0 Å². The number of hydrogen-bond acceptors (Lipinski definition) is 5. The number of nitrogens with one attached hydrogen (secondary N) is 1. The minimum atomic E-state index is -1.09. The van der Waals surface area contributed by atoms with Crippen LogP contribution in [-0.2, 0) is 4.79 Å². The molecule has 0 atom stereocenters. The minimum Gasteiger partial charge on any atom is -0.494 e. The van der Waals surface area contributed by atoms with E-state index in [-0.39, 0.29) is 11.7 Å². The van der Waals surface area contributed by atoms with E-state index in [1.807, 2.05) is 26.0 Å². The average Bonchev–Trinajstić information content (AvgIpc) is 2.67. The Hall–Kier alpha value is -3.22. The maximum absolute atomic E-state index is 12.6. The molecular formula is C21H25NO6. The Morgan fingerprint density at radius 3 is 2.43 bits per heavy atom. The second kappa shape index (κ2) is 10.2. The number of aryl methyl sites for hydroxylation is 1. The molecule has 0 aliphatic carbocycles. The van der Waals surface area contributed by atoms with E-state index in [1.54, 1.807) is 19.1 Å². The van der Waals surface area contributed by atoms with E-state index in [0.29, 0.717) is 30.2 Å². The van der Waals surface area contributed by atoms with Gasteiger partial charge in [-0.25, -0.2) is 4.79 Å². The zero-order valence-electron chi connectivity index (χ0n) is 16.3. The highest BCUT2D eigenvalue weighted by Crippen LogP contribution is 2.29. The van der Waals surface area contributed by atoms with Crippen LogP contribution >= 0.6 is 0 Å². The van der Waals surface area contributed by atoms with Crippen LogP contribution in [0.15, 0.2) is 36.4 Å². The van der Waals surface area contributed by atoms with Crippen molar-refractivity contribution in [2.75, 3.05) is 25.1 Å². The molecule has 0 saturated carbocycles. The van der Waals surface area contributed by atoms with Crippen LogP contribution in [-0.4, -0.2) is 36.8 Å². The average molecular weight is 387 g/mol. The summed E-state index contributed by atoms with van der Waals surface area (Å²) < 4.78 is 16.3. The monoisotopic (exact) mass is 387 g/mol. The zero-order valence-corrected chi connectivity index (χ0v) is 16.3. The SMILES string of the molecule is CCCOc1ccc(NC(=O)c2ccc(OCC(=O)O)c(OCC)c2)c(C)c1. The predicted octanol–water partition coefficient (Wildman–Crippen LogP) is 3.90. The van der Waals surface area contributed by atoms with Crippen LogP contribution in [0.4, 0.5) is 5.69 Å². The van der Waals surface area contributed by atoms with Gasteiger partial charge >= 0.3 is 5.97 Å². The Bertz CT molecular complexity index is 834. The number of carboxylic acids is 1. The lowest BCUT2D eigenvalue weighted by Gasteiger charge is -2.14. The number of rotatable bonds is 10. The molecule has 0 aliphatic rings. The van der Waals surface area contributed by atoms with Crippen molar-refractivity contribution in [1.29, 1.82) is 0 Å². The fourth-order valence-corrected chi connectivity index (χ4v) is 2.46.